The Morgan fingerprint density at radius 2 is 1.80 bits per heavy atom. The highest BCUT2D eigenvalue weighted by atomic mass is 32.2. The molecule has 0 radical (unpaired) electrons. The molecular formula is C21H26N4O4S. The lowest BCUT2D eigenvalue weighted by atomic mass is 9.94. The first kappa shape index (κ1) is 21.8. The number of nitro benzene ring substituents is 1. The van der Waals surface area contributed by atoms with Crippen LogP contribution < -0.4 is 9.73 Å². The number of benzene rings is 2. The number of hydrazone groups is 1. The number of hydrogen-bond acceptors (Lipinski definition) is 6. The first-order chi connectivity index (χ1) is 14.3. The molecule has 160 valence electrons. The van der Waals surface area contributed by atoms with E-state index < -0.39 is 14.9 Å². The van der Waals surface area contributed by atoms with Crippen molar-refractivity contribution in [1.82, 2.24) is 4.83 Å². The first-order valence-corrected chi connectivity index (χ1v) is 11.4. The second-order valence-electron chi connectivity index (χ2n) is 7.57. The molecule has 0 heterocycles. The van der Waals surface area contributed by atoms with Crippen LogP contribution in [0.25, 0.3) is 0 Å². The molecule has 9 heteroatoms. The Morgan fingerprint density at radius 3 is 2.43 bits per heavy atom. The Bertz CT molecular complexity index is 1030. The summed E-state index contributed by atoms with van der Waals surface area (Å²) in [7, 11) is -1.86. The largest absolute Gasteiger partial charge is 0.371 e. The molecule has 0 saturated heterocycles. The predicted octanol–water partition coefficient (Wildman–Crippen LogP) is 3.98. The molecule has 0 atom stereocenters. The van der Waals surface area contributed by atoms with E-state index in [0.717, 1.165) is 36.9 Å². The molecule has 1 saturated carbocycles. The van der Waals surface area contributed by atoms with Gasteiger partial charge in [0.15, 0.2) is 0 Å². The van der Waals surface area contributed by atoms with Crippen molar-refractivity contribution < 1.29 is 13.3 Å². The van der Waals surface area contributed by atoms with E-state index in [-0.39, 0.29) is 10.6 Å². The van der Waals surface area contributed by atoms with Crippen LogP contribution in [0.15, 0.2) is 52.5 Å². The van der Waals surface area contributed by atoms with Crippen LogP contribution in [0.5, 0.6) is 0 Å². The van der Waals surface area contributed by atoms with Crippen molar-refractivity contribution >= 4 is 27.6 Å². The fraction of sp³-hybridized carbons (Fsp3) is 0.381. The molecule has 1 aliphatic carbocycles. The van der Waals surface area contributed by atoms with Gasteiger partial charge in [0, 0.05) is 36.5 Å². The summed E-state index contributed by atoms with van der Waals surface area (Å²) in [5, 5.41) is 15.1. The zero-order chi connectivity index (χ0) is 21.7. The van der Waals surface area contributed by atoms with E-state index in [0.29, 0.717) is 11.6 Å². The molecule has 0 unspecified atom stereocenters. The van der Waals surface area contributed by atoms with Gasteiger partial charge in [0.05, 0.1) is 16.0 Å². The summed E-state index contributed by atoms with van der Waals surface area (Å²) in [6.45, 7) is 1.87. The van der Waals surface area contributed by atoms with Crippen molar-refractivity contribution in [1.29, 1.82) is 0 Å². The minimum absolute atomic E-state index is 0.0707. The Labute approximate surface area is 176 Å². The number of aryl methyl sites for hydroxylation is 1. The second kappa shape index (κ2) is 9.25. The normalized spacial score (nSPS) is 15.3. The fourth-order valence-corrected chi connectivity index (χ4v) is 4.47. The van der Waals surface area contributed by atoms with E-state index in [1.54, 1.807) is 18.2 Å². The molecule has 0 spiro atoms. The van der Waals surface area contributed by atoms with E-state index in [1.807, 2.05) is 14.0 Å². The van der Waals surface area contributed by atoms with Crippen LogP contribution in [0.2, 0.25) is 0 Å². The summed E-state index contributed by atoms with van der Waals surface area (Å²) in [6, 6.07) is 11.3. The average molecular weight is 431 g/mol. The van der Waals surface area contributed by atoms with Crippen LogP contribution in [0, 0.1) is 17.0 Å². The molecule has 0 bridgehead atoms. The first-order valence-electron chi connectivity index (χ1n) is 9.91. The van der Waals surface area contributed by atoms with E-state index in [9.17, 15) is 18.5 Å². The number of hydrogen-bond donors (Lipinski definition) is 1. The summed E-state index contributed by atoms with van der Waals surface area (Å²) in [5.74, 6) is 0. The smallest absolute Gasteiger partial charge is 0.276 e. The van der Waals surface area contributed by atoms with Gasteiger partial charge in [-0.3, -0.25) is 10.1 Å². The Balaban J connectivity index is 1.86. The van der Waals surface area contributed by atoms with Gasteiger partial charge in [-0.15, -0.1) is 0 Å². The summed E-state index contributed by atoms with van der Waals surface area (Å²) >= 11 is 0. The number of sulfonamides is 1. The standard InChI is InChI=1S/C21H26N4O4S/c1-16-8-11-20(12-9-16)30(28,29)23-22-15-17-14-19(25(26)27)10-13-21(17)24(2)18-6-4-3-5-7-18/h8-15,18,23H,3-7H2,1-2H3/b22-15+. The number of non-ortho nitro benzene ring substituents is 1. The third-order valence-corrected chi connectivity index (χ3v) is 6.67. The molecule has 1 fully saturated rings. The van der Waals surface area contributed by atoms with E-state index in [2.05, 4.69) is 14.8 Å². The second-order valence-corrected chi connectivity index (χ2v) is 9.23. The topological polar surface area (TPSA) is 105 Å². The maximum absolute atomic E-state index is 12.4. The molecule has 1 N–H and O–H groups in total. The van der Waals surface area contributed by atoms with Gasteiger partial charge in [0.25, 0.3) is 15.7 Å². The third-order valence-electron chi connectivity index (χ3n) is 5.43. The monoisotopic (exact) mass is 430 g/mol. The molecule has 30 heavy (non-hydrogen) atoms. The number of nitrogens with zero attached hydrogens (tertiary/aromatic N) is 3. The van der Waals surface area contributed by atoms with Crippen molar-refractivity contribution in [2.75, 3.05) is 11.9 Å². The molecule has 2 aromatic rings. The van der Waals surface area contributed by atoms with Crippen LogP contribution in [0.3, 0.4) is 0 Å². The Morgan fingerprint density at radius 1 is 1.13 bits per heavy atom. The number of nitrogens with one attached hydrogen (secondary N) is 1. The molecule has 3 rings (SSSR count). The molecule has 8 nitrogen and oxygen atoms in total. The highest BCUT2D eigenvalue weighted by molar-refractivity contribution is 7.89. The minimum Gasteiger partial charge on any atom is -0.371 e. The summed E-state index contributed by atoms with van der Waals surface area (Å²) < 4.78 is 24.9. The average Bonchev–Trinajstić information content (AvgIpc) is 2.74. The van der Waals surface area contributed by atoms with Crippen molar-refractivity contribution in [2.45, 2.75) is 50.0 Å². The van der Waals surface area contributed by atoms with Gasteiger partial charge in [0.2, 0.25) is 0 Å². The molecule has 0 aliphatic heterocycles. The van der Waals surface area contributed by atoms with E-state index in [1.165, 1.54) is 36.9 Å². The van der Waals surface area contributed by atoms with Crippen molar-refractivity contribution in [2.24, 2.45) is 5.10 Å². The van der Waals surface area contributed by atoms with Gasteiger partial charge < -0.3 is 4.90 Å². The van der Waals surface area contributed by atoms with Crippen molar-refractivity contribution in [3.8, 4) is 0 Å². The number of anilines is 1. The lowest BCUT2D eigenvalue weighted by molar-refractivity contribution is -0.384. The van der Waals surface area contributed by atoms with Gasteiger partial charge in [-0.05, 0) is 38.0 Å². The highest BCUT2D eigenvalue weighted by Crippen LogP contribution is 2.30. The van der Waals surface area contributed by atoms with E-state index >= 15 is 0 Å². The Hall–Kier alpha value is -2.94. The van der Waals surface area contributed by atoms with Crippen LogP contribution >= 0.6 is 0 Å². The van der Waals surface area contributed by atoms with Gasteiger partial charge in [0.1, 0.15) is 0 Å². The zero-order valence-electron chi connectivity index (χ0n) is 17.1. The summed E-state index contributed by atoms with van der Waals surface area (Å²) in [5.41, 5.74) is 2.15. The van der Waals surface area contributed by atoms with Crippen LogP contribution in [-0.4, -0.2) is 32.6 Å². The highest BCUT2D eigenvalue weighted by Gasteiger charge is 2.21. The third kappa shape index (κ3) is 5.15. The van der Waals surface area contributed by atoms with Gasteiger partial charge in [-0.25, -0.2) is 4.83 Å². The molecule has 0 amide bonds. The van der Waals surface area contributed by atoms with Crippen LogP contribution in [0.4, 0.5) is 11.4 Å². The quantitative estimate of drug-likeness (QED) is 0.406. The molecule has 2 aromatic carbocycles. The lowest BCUT2D eigenvalue weighted by Gasteiger charge is -2.33. The fourth-order valence-electron chi connectivity index (χ4n) is 3.68. The van der Waals surface area contributed by atoms with Gasteiger partial charge >= 0.3 is 0 Å². The summed E-state index contributed by atoms with van der Waals surface area (Å²) in [4.78, 5) is 15.1. The zero-order valence-corrected chi connectivity index (χ0v) is 17.9. The summed E-state index contributed by atoms with van der Waals surface area (Å²) in [6.07, 6.45) is 6.98. The predicted molar refractivity (Wildman–Crippen MR) is 117 cm³/mol. The van der Waals surface area contributed by atoms with Crippen molar-refractivity contribution in [3.63, 3.8) is 0 Å². The molecule has 0 aromatic heterocycles. The lowest BCUT2D eigenvalue weighted by Crippen LogP contribution is -2.34. The maximum atomic E-state index is 12.4. The minimum atomic E-state index is -3.82. The van der Waals surface area contributed by atoms with Gasteiger partial charge in [-0.1, -0.05) is 37.0 Å². The molecule has 1 aliphatic rings. The van der Waals surface area contributed by atoms with E-state index in [4.69, 9.17) is 0 Å². The Kier molecular flexibility index (Phi) is 6.71. The SMILES string of the molecule is Cc1ccc(S(=O)(=O)N/N=C/c2cc([N+](=O)[O-])ccc2N(C)C2CCCCC2)cc1. The van der Waals surface area contributed by atoms with Crippen LogP contribution in [0.1, 0.15) is 43.2 Å². The van der Waals surface area contributed by atoms with Gasteiger partial charge in [-0.2, -0.15) is 13.5 Å². The molecular weight excluding hydrogens is 404 g/mol. The maximum Gasteiger partial charge on any atom is 0.276 e. The number of nitro groups is 1. The van der Waals surface area contributed by atoms with Crippen molar-refractivity contribution in [3.05, 3.63) is 63.7 Å². The number of rotatable bonds is 7. The van der Waals surface area contributed by atoms with Crippen LogP contribution in [-0.2, 0) is 10.0 Å².